The summed E-state index contributed by atoms with van der Waals surface area (Å²) < 4.78 is 0. The molecule has 0 saturated heterocycles. The van der Waals surface area contributed by atoms with Crippen molar-refractivity contribution < 1.29 is 0 Å². The molecular formula is C38H33N3. The number of rotatable bonds is 2. The Kier molecular flexibility index (Phi) is 5.79. The van der Waals surface area contributed by atoms with E-state index in [4.69, 9.17) is 9.98 Å². The number of aliphatic imine (C=N–C) groups is 2. The van der Waals surface area contributed by atoms with Gasteiger partial charge in [0.15, 0.2) is 0 Å². The summed E-state index contributed by atoms with van der Waals surface area (Å²) in [5.41, 5.74) is 12.4. The molecule has 1 aromatic heterocycles. The molecule has 1 N–H and O–H groups in total. The van der Waals surface area contributed by atoms with Crippen LogP contribution in [0.15, 0.2) is 143 Å². The van der Waals surface area contributed by atoms with E-state index in [-0.39, 0.29) is 10.8 Å². The molecule has 8 bridgehead atoms. The second kappa shape index (κ2) is 9.42. The van der Waals surface area contributed by atoms with E-state index in [0.717, 1.165) is 50.8 Å². The largest absolute Gasteiger partial charge is 0.358 e. The highest BCUT2D eigenvalue weighted by molar-refractivity contribution is 6.32. The number of nitrogens with zero attached hydrogens (tertiary/aromatic N) is 2. The van der Waals surface area contributed by atoms with Crippen molar-refractivity contribution in [3.63, 3.8) is 0 Å². The lowest BCUT2D eigenvalue weighted by Crippen LogP contribution is -2.28. The van der Waals surface area contributed by atoms with E-state index in [9.17, 15) is 0 Å². The average Bonchev–Trinajstić information content (AvgIpc) is 3.77. The minimum absolute atomic E-state index is 0.229. The Bertz CT molecular complexity index is 1850. The van der Waals surface area contributed by atoms with Gasteiger partial charge in [-0.15, -0.1) is 0 Å². The number of hydrogen-bond acceptors (Lipinski definition) is 2. The van der Waals surface area contributed by atoms with Crippen LogP contribution in [0.5, 0.6) is 0 Å². The summed E-state index contributed by atoms with van der Waals surface area (Å²) in [5, 5.41) is 0. The van der Waals surface area contributed by atoms with Crippen LogP contribution in [0.3, 0.4) is 0 Å². The average molecular weight is 532 g/mol. The summed E-state index contributed by atoms with van der Waals surface area (Å²) in [5.74, 6) is 0. The monoisotopic (exact) mass is 531 g/mol. The molecule has 3 aliphatic heterocycles. The molecule has 3 heteroatoms. The lowest BCUT2D eigenvalue weighted by atomic mass is 9.75. The Hall–Kier alpha value is -4.76. The predicted octanol–water partition coefficient (Wildman–Crippen LogP) is 8.82. The van der Waals surface area contributed by atoms with Crippen molar-refractivity contribution in [1.82, 2.24) is 4.98 Å². The van der Waals surface area contributed by atoms with E-state index in [2.05, 4.69) is 154 Å². The summed E-state index contributed by atoms with van der Waals surface area (Å²) in [6.45, 7) is 9.12. The number of benzene rings is 3. The first kappa shape index (κ1) is 25.2. The van der Waals surface area contributed by atoms with Gasteiger partial charge in [-0.3, -0.25) is 4.99 Å². The zero-order valence-electron chi connectivity index (χ0n) is 23.9. The highest BCUT2D eigenvalue weighted by atomic mass is 14.8. The first-order valence-electron chi connectivity index (χ1n) is 14.3. The Balaban J connectivity index is 1.55. The quantitative estimate of drug-likeness (QED) is 0.268. The van der Waals surface area contributed by atoms with Crippen molar-refractivity contribution >= 4 is 22.6 Å². The van der Waals surface area contributed by atoms with Crippen LogP contribution in [-0.4, -0.2) is 16.4 Å². The Labute approximate surface area is 242 Å². The van der Waals surface area contributed by atoms with E-state index in [1.807, 2.05) is 0 Å². The molecule has 3 aromatic carbocycles. The maximum atomic E-state index is 5.28. The molecule has 0 saturated carbocycles. The molecule has 3 aliphatic rings. The lowest BCUT2D eigenvalue weighted by molar-refractivity contribution is 0.616. The Morgan fingerprint density at radius 2 is 1.15 bits per heavy atom. The van der Waals surface area contributed by atoms with Crippen molar-refractivity contribution in [1.29, 1.82) is 0 Å². The molecule has 4 heterocycles. The molecule has 0 radical (unpaired) electrons. The van der Waals surface area contributed by atoms with E-state index in [1.165, 1.54) is 16.8 Å². The molecule has 200 valence electrons. The lowest BCUT2D eigenvalue weighted by Gasteiger charge is -2.29. The fourth-order valence-electron chi connectivity index (χ4n) is 6.07. The van der Waals surface area contributed by atoms with Crippen molar-refractivity contribution in [2.45, 2.75) is 38.5 Å². The van der Waals surface area contributed by atoms with Crippen LogP contribution in [0.2, 0.25) is 0 Å². The van der Waals surface area contributed by atoms with Crippen molar-refractivity contribution in [3.05, 3.63) is 166 Å². The number of nitrogens with one attached hydrogen (secondary N) is 1. The number of H-pyrrole nitrogens is 1. The van der Waals surface area contributed by atoms with Crippen LogP contribution >= 0.6 is 0 Å². The van der Waals surface area contributed by atoms with Crippen LogP contribution in [0.25, 0.3) is 11.1 Å². The molecule has 41 heavy (non-hydrogen) atoms. The normalized spacial score (nSPS) is 22.0. The highest BCUT2D eigenvalue weighted by Gasteiger charge is 2.32. The Morgan fingerprint density at radius 1 is 0.537 bits per heavy atom. The fraction of sp³-hybridized carbons (Fsp3) is 0.158. The van der Waals surface area contributed by atoms with Gasteiger partial charge < -0.3 is 4.98 Å². The molecule has 4 aromatic rings. The van der Waals surface area contributed by atoms with Gasteiger partial charge in [-0.1, -0.05) is 113 Å². The molecule has 3 nitrogen and oxygen atoms in total. The first-order valence-corrected chi connectivity index (χ1v) is 14.3. The Morgan fingerprint density at radius 3 is 1.85 bits per heavy atom. The van der Waals surface area contributed by atoms with Crippen LogP contribution in [0, 0.1) is 0 Å². The number of aromatic nitrogens is 1. The molecular weight excluding hydrogens is 498 g/mol. The maximum Gasteiger partial charge on any atom is 0.0738 e. The molecule has 0 spiro atoms. The number of fused-ring (bicyclic) bond motifs is 6. The van der Waals surface area contributed by atoms with E-state index >= 15 is 0 Å². The zero-order chi connectivity index (χ0) is 28.2. The van der Waals surface area contributed by atoms with Crippen LogP contribution in [-0.2, 0) is 10.8 Å². The van der Waals surface area contributed by atoms with Gasteiger partial charge >= 0.3 is 0 Å². The maximum absolute atomic E-state index is 5.28. The third-order valence-corrected chi connectivity index (χ3v) is 8.75. The fourth-order valence-corrected chi connectivity index (χ4v) is 6.07. The highest BCUT2D eigenvalue weighted by Crippen LogP contribution is 2.39. The van der Waals surface area contributed by atoms with Crippen molar-refractivity contribution in [2.24, 2.45) is 9.98 Å². The van der Waals surface area contributed by atoms with Gasteiger partial charge in [0.2, 0.25) is 0 Å². The molecule has 0 amide bonds. The predicted molar refractivity (Wildman–Crippen MR) is 171 cm³/mol. The minimum Gasteiger partial charge on any atom is -0.358 e. The van der Waals surface area contributed by atoms with E-state index < -0.39 is 0 Å². The van der Waals surface area contributed by atoms with Gasteiger partial charge in [0.25, 0.3) is 0 Å². The summed E-state index contributed by atoms with van der Waals surface area (Å²) in [6.07, 6.45) is 8.60. The van der Waals surface area contributed by atoms with Crippen molar-refractivity contribution in [2.75, 3.05) is 0 Å². The number of aromatic amines is 1. The van der Waals surface area contributed by atoms with Gasteiger partial charge in [-0.2, -0.15) is 0 Å². The molecule has 0 unspecified atom stereocenters. The third kappa shape index (κ3) is 4.20. The van der Waals surface area contributed by atoms with Crippen LogP contribution in [0.1, 0.15) is 61.3 Å². The van der Waals surface area contributed by atoms with Gasteiger partial charge in [0.1, 0.15) is 0 Å². The first-order chi connectivity index (χ1) is 19.8. The zero-order valence-corrected chi connectivity index (χ0v) is 23.9. The number of allylic oxidation sites excluding steroid dienone is 5. The summed E-state index contributed by atoms with van der Waals surface area (Å²) in [4.78, 5) is 14.4. The summed E-state index contributed by atoms with van der Waals surface area (Å²) in [6, 6.07) is 34.5. The minimum atomic E-state index is -0.275. The van der Waals surface area contributed by atoms with Crippen LogP contribution < -0.4 is 0 Å². The topological polar surface area (TPSA) is 40.5 Å². The summed E-state index contributed by atoms with van der Waals surface area (Å²) in [7, 11) is 0. The molecule has 0 atom stereocenters. The summed E-state index contributed by atoms with van der Waals surface area (Å²) >= 11 is 0. The third-order valence-electron chi connectivity index (χ3n) is 8.75. The van der Waals surface area contributed by atoms with Gasteiger partial charge in [-0.25, -0.2) is 4.99 Å². The molecule has 0 aliphatic carbocycles. The van der Waals surface area contributed by atoms with Gasteiger partial charge in [0.05, 0.1) is 22.8 Å². The van der Waals surface area contributed by atoms with E-state index in [1.54, 1.807) is 0 Å². The second-order valence-corrected chi connectivity index (χ2v) is 12.0. The van der Waals surface area contributed by atoms with Gasteiger partial charge in [0, 0.05) is 33.4 Å². The van der Waals surface area contributed by atoms with Crippen LogP contribution in [0.4, 0.5) is 0 Å². The molecule has 0 fully saturated rings. The molecule has 7 rings (SSSR count). The smallest absolute Gasteiger partial charge is 0.0738 e. The second-order valence-electron chi connectivity index (χ2n) is 12.0. The van der Waals surface area contributed by atoms with Gasteiger partial charge in [-0.05, 0) is 58.7 Å². The van der Waals surface area contributed by atoms with Crippen molar-refractivity contribution in [3.8, 4) is 0 Å². The standard InChI is InChI=1S/C38H33N3/c1-37(2)27-16-11-17-28(24-27)38(3,4)34-23-21-32(41-34)36(26-14-9-6-10-15-26)30-19-18-29(39-30)35(25-12-7-5-8-13-25)31-20-22-33(37)40-31/h5-24,40H,1-4H3/b35-29-,36-32-. The SMILES string of the molecule is CC1(C)C2=N/C(=C(/c3ccccc3)C3=N/C(=C(/c4ccccc4)c4ccc([nH]4)C(C)(C)c4cccc1c4)C=C3)C=C2. The van der Waals surface area contributed by atoms with E-state index in [0.29, 0.717) is 0 Å². The number of hydrogen-bond donors (Lipinski definition) is 1.